The van der Waals surface area contributed by atoms with Gasteiger partial charge in [-0.25, -0.2) is 4.98 Å². The van der Waals surface area contributed by atoms with E-state index in [1.165, 1.54) is 25.7 Å². The fourth-order valence-corrected chi connectivity index (χ4v) is 7.56. The summed E-state index contributed by atoms with van der Waals surface area (Å²) in [5, 5.41) is 3.44. The molecule has 2 aromatic rings. The third-order valence-electron chi connectivity index (χ3n) is 9.32. The molecule has 34 heavy (non-hydrogen) atoms. The molecule has 3 saturated carbocycles. The summed E-state index contributed by atoms with van der Waals surface area (Å²) < 4.78 is 2.16. The van der Waals surface area contributed by atoms with Crippen molar-refractivity contribution < 1.29 is 9.59 Å². The molecule has 1 aliphatic heterocycles. The van der Waals surface area contributed by atoms with Crippen molar-refractivity contribution in [3.05, 3.63) is 41.7 Å². The second-order valence-electron chi connectivity index (χ2n) is 11.8. The molecule has 180 valence electrons. The molecule has 2 heterocycles. The number of hydrogen-bond acceptors (Lipinski definition) is 3. The van der Waals surface area contributed by atoms with Gasteiger partial charge in [-0.2, -0.15) is 0 Å². The van der Waals surface area contributed by atoms with Crippen LogP contribution in [0.15, 0.2) is 30.3 Å². The molecule has 2 amide bonds. The highest BCUT2D eigenvalue weighted by Gasteiger charge is 2.64. The first kappa shape index (κ1) is 21.9. The molecule has 0 spiro atoms. The summed E-state index contributed by atoms with van der Waals surface area (Å²) in [6.07, 6.45) is 6.95. The first-order chi connectivity index (χ1) is 16.3. The van der Waals surface area contributed by atoms with Crippen molar-refractivity contribution in [3.8, 4) is 11.4 Å². The fourth-order valence-electron chi connectivity index (χ4n) is 7.56. The number of rotatable bonds is 4. The van der Waals surface area contributed by atoms with Crippen molar-refractivity contribution >= 4 is 11.8 Å². The highest BCUT2D eigenvalue weighted by molar-refractivity contribution is 5.95. The summed E-state index contributed by atoms with van der Waals surface area (Å²) in [7, 11) is 0. The van der Waals surface area contributed by atoms with Gasteiger partial charge in [0.2, 0.25) is 5.91 Å². The van der Waals surface area contributed by atoms with E-state index >= 15 is 0 Å². The van der Waals surface area contributed by atoms with Crippen LogP contribution in [-0.4, -0.2) is 38.9 Å². The Morgan fingerprint density at radius 1 is 1.03 bits per heavy atom. The molecule has 6 rings (SSSR count). The first-order valence-corrected chi connectivity index (χ1v) is 13.0. The van der Waals surface area contributed by atoms with Crippen molar-refractivity contribution in [2.45, 2.75) is 78.4 Å². The number of amides is 2. The fraction of sp³-hybridized carbons (Fsp3) is 0.607. The van der Waals surface area contributed by atoms with Crippen LogP contribution in [0.1, 0.15) is 75.5 Å². The summed E-state index contributed by atoms with van der Waals surface area (Å²) in [5.41, 5.74) is 2.62. The summed E-state index contributed by atoms with van der Waals surface area (Å²) >= 11 is 0. The van der Waals surface area contributed by atoms with E-state index < -0.39 is 0 Å². The molecule has 6 nitrogen and oxygen atoms in total. The quantitative estimate of drug-likeness (QED) is 0.723. The Hall–Kier alpha value is -2.63. The molecule has 3 aliphatic carbocycles. The zero-order valence-corrected chi connectivity index (χ0v) is 20.6. The first-order valence-electron chi connectivity index (χ1n) is 13.0. The van der Waals surface area contributed by atoms with E-state index in [0.29, 0.717) is 31.2 Å². The van der Waals surface area contributed by atoms with Gasteiger partial charge in [0.05, 0.1) is 12.2 Å². The van der Waals surface area contributed by atoms with Gasteiger partial charge in [0, 0.05) is 30.6 Å². The topological polar surface area (TPSA) is 67.2 Å². The number of imidazole rings is 1. The molecule has 3 fully saturated rings. The summed E-state index contributed by atoms with van der Waals surface area (Å²) in [6.45, 7) is 8.79. The number of nitrogens with one attached hydrogen (secondary N) is 1. The minimum Gasteiger partial charge on any atom is -0.347 e. The smallest absolute Gasteiger partial charge is 0.272 e. The zero-order chi connectivity index (χ0) is 23.7. The van der Waals surface area contributed by atoms with Gasteiger partial charge in [0.1, 0.15) is 5.82 Å². The Kier molecular flexibility index (Phi) is 4.95. The van der Waals surface area contributed by atoms with Gasteiger partial charge in [-0.3, -0.25) is 9.59 Å². The lowest BCUT2D eigenvalue weighted by Crippen LogP contribution is -2.71. The van der Waals surface area contributed by atoms with Gasteiger partial charge in [-0.15, -0.1) is 0 Å². The maximum atomic E-state index is 13.8. The highest BCUT2D eigenvalue weighted by Crippen LogP contribution is 2.65. The van der Waals surface area contributed by atoms with Crippen LogP contribution in [0.25, 0.3) is 11.4 Å². The third kappa shape index (κ3) is 3.24. The van der Waals surface area contributed by atoms with Gasteiger partial charge >= 0.3 is 0 Å². The number of aromatic nitrogens is 2. The van der Waals surface area contributed by atoms with Crippen LogP contribution >= 0.6 is 0 Å². The average molecular weight is 461 g/mol. The molecule has 1 N–H and O–H groups in total. The Morgan fingerprint density at radius 3 is 2.53 bits per heavy atom. The number of nitrogens with zero attached hydrogens (tertiary/aromatic N) is 3. The molecular weight excluding hydrogens is 424 g/mol. The van der Waals surface area contributed by atoms with Gasteiger partial charge in [0.15, 0.2) is 5.69 Å². The van der Waals surface area contributed by atoms with Crippen LogP contribution in [0.5, 0.6) is 0 Å². The van der Waals surface area contributed by atoms with Gasteiger partial charge < -0.3 is 14.8 Å². The highest BCUT2D eigenvalue weighted by atomic mass is 16.2. The van der Waals surface area contributed by atoms with Gasteiger partial charge in [-0.05, 0) is 42.4 Å². The minimum atomic E-state index is -0.0880. The second-order valence-corrected chi connectivity index (χ2v) is 11.8. The maximum Gasteiger partial charge on any atom is 0.272 e. The predicted molar refractivity (Wildman–Crippen MR) is 131 cm³/mol. The van der Waals surface area contributed by atoms with E-state index in [4.69, 9.17) is 4.98 Å². The Bertz CT molecular complexity index is 1130. The molecule has 1 aromatic carbocycles. The molecule has 3 atom stereocenters. The molecule has 1 aromatic heterocycles. The summed E-state index contributed by atoms with van der Waals surface area (Å²) in [6, 6.07) is 10.2. The largest absolute Gasteiger partial charge is 0.347 e. The second kappa shape index (κ2) is 7.69. The van der Waals surface area contributed by atoms with Crippen molar-refractivity contribution in [1.82, 2.24) is 19.8 Å². The minimum absolute atomic E-state index is 0.0842. The van der Waals surface area contributed by atoms with Gasteiger partial charge in [0.25, 0.3) is 5.91 Å². The van der Waals surface area contributed by atoms with E-state index in [0.717, 1.165) is 29.9 Å². The van der Waals surface area contributed by atoms with E-state index in [1.54, 1.807) is 0 Å². The average Bonchev–Trinajstić information content (AvgIpc) is 3.62. The lowest BCUT2D eigenvalue weighted by molar-refractivity contribution is -0.156. The summed E-state index contributed by atoms with van der Waals surface area (Å²) in [4.78, 5) is 33.5. The molecule has 0 saturated heterocycles. The lowest BCUT2D eigenvalue weighted by atomic mass is 9.40. The third-order valence-corrected chi connectivity index (χ3v) is 9.32. The molecular formula is C28H36N4O2. The van der Waals surface area contributed by atoms with E-state index in [1.807, 2.05) is 35.2 Å². The van der Waals surface area contributed by atoms with Crippen LogP contribution in [0, 0.1) is 22.7 Å². The molecule has 4 aliphatic rings. The van der Waals surface area contributed by atoms with Crippen LogP contribution in [0.2, 0.25) is 0 Å². The Labute approximate surface area is 202 Å². The standard InChI is InChI=1S/C28H36N4O2/c1-27(2)21-11-7-8-14-28(21,3)26(27)30-24(33)22-20-17-31(25(34)19-12-13-19)15-16-32(20)23(29-22)18-9-5-4-6-10-18/h4-6,9-10,19,21,26H,7-8,11-17H2,1-3H3,(H,30,33). The number of carbonyl (C=O) groups excluding carboxylic acids is 2. The van der Waals surface area contributed by atoms with E-state index in [-0.39, 0.29) is 34.6 Å². The monoisotopic (exact) mass is 460 g/mol. The van der Waals surface area contributed by atoms with Crippen LogP contribution in [0.3, 0.4) is 0 Å². The van der Waals surface area contributed by atoms with Gasteiger partial charge in [-0.1, -0.05) is 63.9 Å². The molecule has 0 radical (unpaired) electrons. The number of fused-ring (bicyclic) bond motifs is 2. The van der Waals surface area contributed by atoms with E-state index in [9.17, 15) is 9.59 Å². The molecule has 6 heteroatoms. The zero-order valence-electron chi connectivity index (χ0n) is 20.6. The molecule has 0 bridgehead atoms. The van der Waals surface area contributed by atoms with Crippen molar-refractivity contribution in [3.63, 3.8) is 0 Å². The maximum absolute atomic E-state index is 13.8. The van der Waals surface area contributed by atoms with Crippen molar-refractivity contribution in [2.75, 3.05) is 6.54 Å². The van der Waals surface area contributed by atoms with Crippen LogP contribution in [0.4, 0.5) is 0 Å². The normalized spacial score (nSPS) is 29.6. The summed E-state index contributed by atoms with van der Waals surface area (Å²) in [5.74, 6) is 1.81. The number of carbonyl (C=O) groups is 2. The Balaban J connectivity index is 1.34. The van der Waals surface area contributed by atoms with Crippen molar-refractivity contribution in [1.29, 1.82) is 0 Å². The van der Waals surface area contributed by atoms with E-state index in [2.05, 4.69) is 30.7 Å². The molecule has 3 unspecified atom stereocenters. The lowest BCUT2D eigenvalue weighted by Gasteiger charge is -2.67. The SMILES string of the molecule is CC1(C)C2CCCCC2(C)C1NC(=O)c1nc(-c2ccccc2)n2c1CN(C(=O)C1CC1)CC2. The van der Waals surface area contributed by atoms with Crippen molar-refractivity contribution in [2.24, 2.45) is 22.7 Å². The number of hydrogen-bond donors (Lipinski definition) is 1. The van der Waals surface area contributed by atoms with Crippen LogP contribution in [-0.2, 0) is 17.9 Å². The number of benzene rings is 1. The van der Waals surface area contributed by atoms with Crippen LogP contribution < -0.4 is 5.32 Å². The Morgan fingerprint density at radius 2 is 1.79 bits per heavy atom. The predicted octanol–water partition coefficient (Wildman–Crippen LogP) is 4.64.